The average molecular weight is 272 g/mol. The lowest BCUT2D eigenvalue weighted by molar-refractivity contribution is 0.150. The van der Waals surface area contributed by atoms with Gasteiger partial charge < -0.3 is 0 Å². The number of hydrogen-bond donors (Lipinski definition) is 0. The van der Waals surface area contributed by atoms with E-state index in [1.165, 1.54) is 0 Å². The number of aromatic nitrogens is 1. The van der Waals surface area contributed by atoms with Crippen molar-refractivity contribution in [1.29, 1.82) is 10.5 Å². The third kappa shape index (κ3) is 2.28. The fourth-order valence-electron chi connectivity index (χ4n) is 1.04. The Morgan fingerprint density at radius 3 is 2.60 bits per heavy atom. The Morgan fingerprint density at radius 1 is 1.47 bits per heavy atom. The van der Waals surface area contributed by atoms with Crippen LogP contribution in [-0.2, 0) is 6.42 Å². The fourth-order valence-corrected chi connectivity index (χ4v) is 1.64. The smallest absolute Gasteiger partial charge is 0.245 e. The van der Waals surface area contributed by atoms with Crippen LogP contribution in [0.5, 0.6) is 0 Å². The van der Waals surface area contributed by atoms with Gasteiger partial charge in [-0.05, 0) is 15.9 Å². The number of alkyl halides is 2. The second-order valence-corrected chi connectivity index (χ2v) is 3.40. The van der Waals surface area contributed by atoms with E-state index in [4.69, 9.17) is 10.5 Å². The molecule has 15 heavy (non-hydrogen) atoms. The largest absolute Gasteiger partial charge is 0.266 e. The van der Waals surface area contributed by atoms with Crippen molar-refractivity contribution in [2.75, 3.05) is 0 Å². The van der Waals surface area contributed by atoms with Crippen LogP contribution in [0.25, 0.3) is 0 Å². The first-order valence-corrected chi connectivity index (χ1v) is 4.63. The minimum atomic E-state index is -2.68. The standard InChI is InChI=1S/C9H4BrF2N3/c10-8-5(1-2-13)7(3-14)15-4-6(8)9(11)12/h4,9H,1H2. The van der Waals surface area contributed by atoms with E-state index in [1.807, 2.05) is 0 Å². The Morgan fingerprint density at radius 2 is 2.13 bits per heavy atom. The molecular formula is C9H4BrF2N3. The van der Waals surface area contributed by atoms with Gasteiger partial charge in [0.15, 0.2) is 0 Å². The van der Waals surface area contributed by atoms with Crippen molar-refractivity contribution in [2.24, 2.45) is 0 Å². The van der Waals surface area contributed by atoms with E-state index in [2.05, 4.69) is 20.9 Å². The molecule has 6 heteroatoms. The Labute approximate surface area is 93.1 Å². The summed E-state index contributed by atoms with van der Waals surface area (Å²) in [5.41, 5.74) is -0.107. The molecule has 0 aromatic carbocycles. The van der Waals surface area contributed by atoms with E-state index in [-0.39, 0.29) is 27.7 Å². The molecule has 76 valence electrons. The van der Waals surface area contributed by atoms with E-state index >= 15 is 0 Å². The van der Waals surface area contributed by atoms with Crippen LogP contribution in [-0.4, -0.2) is 4.98 Å². The normalized spacial score (nSPS) is 9.73. The SMILES string of the molecule is N#CCc1c(C#N)ncc(C(F)F)c1Br. The van der Waals surface area contributed by atoms with Crippen molar-refractivity contribution in [3.8, 4) is 12.1 Å². The van der Waals surface area contributed by atoms with Crippen molar-refractivity contribution in [1.82, 2.24) is 4.98 Å². The van der Waals surface area contributed by atoms with Gasteiger partial charge in [0.05, 0.1) is 18.1 Å². The summed E-state index contributed by atoms with van der Waals surface area (Å²) in [6.07, 6.45) is -1.87. The molecule has 0 unspecified atom stereocenters. The second kappa shape index (κ2) is 4.81. The minimum absolute atomic E-state index is 0.00664. The van der Waals surface area contributed by atoms with Crippen LogP contribution in [0.3, 0.4) is 0 Å². The molecule has 0 atom stereocenters. The number of nitrogens with zero attached hydrogens (tertiary/aromatic N) is 3. The highest BCUT2D eigenvalue weighted by Crippen LogP contribution is 2.30. The third-order valence-corrected chi connectivity index (χ3v) is 2.67. The summed E-state index contributed by atoms with van der Waals surface area (Å²) < 4.78 is 25.0. The summed E-state index contributed by atoms with van der Waals surface area (Å²) in [6, 6.07) is 3.55. The molecule has 1 aromatic rings. The van der Waals surface area contributed by atoms with E-state index in [1.54, 1.807) is 12.1 Å². The quantitative estimate of drug-likeness (QED) is 0.831. The summed E-state index contributed by atoms with van der Waals surface area (Å²) in [7, 11) is 0. The molecule has 1 aromatic heterocycles. The Bertz CT molecular complexity index is 460. The van der Waals surface area contributed by atoms with Crippen LogP contribution in [0.2, 0.25) is 0 Å². The van der Waals surface area contributed by atoms with E-state index < -0.39 is 6.43 Å². The van der Waals surface area contributed by atoms with Crippen LogP contribution < -0.4 is 0 Å². The molecule has 0 radical (unpaired) electrons. The van der Waals surface area contributed by atoms with Gasteiger partial charge in [0.25, 0.3) is 6.43 Å². The zero-order valence-corrected chi connectivity index (χ0v) is 8.92. The molecule has 0 aliphatic carbocycles. The number of rotatable bonds is 2. The molecule has 0 saturated carbocycles. The molecule has 0 N–H and O–H groups in total. The van der Waals surface area contributed by atoms with E-state index in [0.29, 0.717) is 0 Å². The van der Waals surface area contributed by atoms with Gasteiger partial charge in [-0.25, -0.2) is 13.8 Å². The number of hydrogen-bond acceptors (Lipinski definition) is 3. The molecule has 0 saturated heterocycles. The maximum atomic E-state index is 12.4. The highest BCUT2D eigenvalue weighted by Gasteiger charge is 2.18. The Balaban J connectivity index is 3.38. The first-order chi connectivity index (χ1) is 7.11. The van der Waals surface area contributed by atoms with Gasteiger partial charge in [-0.1, -0.05) is 0 Å². The van der Waals surface area contributed by atoms with Crippen molar-refractivity contribution < 1.29 is 8.78 Å². The zero-order valence-electron chi connectivity index (χ0n) is 7.34. The predicted molar refractivity (Wildman–Crippen MR) is 50.9 cm³/mol. The molecule has 0 aliphatic rings. The van der Waals surface area contributed by atoms with Crippen LogP contribution in [0.1, 0.15) is 23.2 Å². The zero-order chi connectivity index (χ0) is 11.4. The first-order valence-electron chi connectivity index (χ1n) is 3.84. The van der Waals surface area contributed by atoms with Gasteiger partial charge in [-0.3, -0.25) is 0 Å². The lowest BCUT2D eigenvalue weighted by Gasteiger charge is -2.07. The number of pyridine rings is 1. The first kappa shape index (κ1) is 11.5. The monoisotopic (exact) mass is 271 g/mol. The Kier molecular flexibility index (Phi) is 3.70. The van der Waals surface area contributed by atoms with Crippen molar-refractivity contribution >= 4 is 15.9 Å². The summed E-state index contributed by atoms with van der Waals surface area (Å²) in [6.45, 7) is 0. The van der Waals surface area contributed by atoms with E-state index in [0.717, 1.165) is 6.20 Å². The highest BCUT2D eigenvalue weighted by molar-refractivity contribution is 9.10. The van der Waals surface area contributed by atoms with Crippen LogP contribution in [0.15, 0.2) is 10.7 Å². The average Bonchev–Trinajstić information content (AvgIpc) is 2.20. The molecule has 3 nitrogen and oxygen atoms in total. The summed E-state index contributed by atoms with van der Waals surface area (Å²) in [5, 5.41) is 17.2. The molecule has 0 fully saturated rings. The summed E-state index contributed by atoms with van der Waals surface area (Å²) in [5.74, 6) is 0. The predicted octanol–water partition coefficient (Wildman–Crippen LogP) is 2.72. The van der Waals surface area contributed by atoms with Gasteiger partial charge in [0.2, 0.25) is 0 Å². The van der Waals surface area contributed by atoms with Crippen molar-refractivity contribution in [3.05, 3.63) is 27.5 Å². The molecule has 0 bridgehead atoms. The van der Waals surface area contributed by atoms with Crippen LogP contribution in [0, 0.1) is 22.7 Å². The third-order valence-electron chi connectivity index (χ3n) is 1.73. The maximum absolute atomic E-state index is 12.4. The Hall–Kier alpha value is -1.53. The van der Waals surface area contributed by atoms with Gasteiger partial charge >= 0.3 is 0 Å². The second-order valence-electron chi connectivity index (χ2n) is 2.60. The fraction of sp³-hybridized carbons (Fsp3) is 0.222. The highest BCUT2D eigenvalue weighted by atomic mass is 79.9. The van der Waals surface area contributed by atoms with Crippen molar-refractivity contribution in [3.63, 3.8) is 0 Å². The van der Waals surface area contributed by atoms with Crippen LogP contribution in [0.4, 0.5) is 8.78 Å². The van der Waals surface area contributed by atoms with E-state index in [9.17, 15) is 8.78 Å². The van der Waals surface area contributed by atoms with Gasteiger partial charge in [0.1, 0.15) is 11.8 Å². The van der Waals surface area contributed by atoms with Gasteiger partial charge in [-0.15, -0.1) is 0 Å². The molecule has 0 spiro atoms. The number of halogens is 3. The van der Waals surface area contributed by atoms with Gasteiger partial charge in [-0.2, -0.15) is 10.5 Å². The molecule has 0 aliphatic heterocycles. The maximum Gasteiger partial charge on any atom is 0.266 e. The summed E-state index contributed by atoms with van der Waals surface area (Å²) in [4.78, 5) is 3.58. The molecule has 0 amide bonds. The molecule has 1 heterocycles. The molecule has 1 rings (SSSR count). The molecular weight excluding hydrogens is 268 g/mol. The number of nitriles is 2. The topological polar surface area (TPSA) is 60.5 Å². The van der Waals surface area contributed by atoms with Crippen molar-refractivity contribution in [2.45, 2.75) is 12.8 Å². The van der Waals surface area contributed by atoms with Gasteiger partial charge in [0, 0.05) is 16.2 Å². The minimum Gasteiger partial charge on any atom is -0.245 e. The van der Waals surface area contributed by atoms with Crippen LogP contribution >= 0.6 is 15.9 Å². The lowest BCUT2D eigenvalue weighted by Crippen LogP contribution is -1.99. The summed E-state index contributed by atoms with van der Waals surface area (Å²) >= 11 is 2.95. The lowest BCUT2D eigenvalue weighted by atomic mass is 10.1.